The van der Waals surface area contributed by atoms with Crippen LogP contribution in [0.1, 0.15) is 40.6 Å². The smallest absolute Gasteiger partial charge is 0.123 e. The Hall–Kier alpha value is -2.22. The fraction of sp³-hybridized carbons (Fsp3) is 0.350. The molecule has 4 heteroatoms. The Morgan fingerprint density at radius 2 is 2.08 bits per heavy atom. The van der Waals surface area contributed by atoms with Crippen molar-refractivity contribution in [1.29, 1.82) is 5.26 Å². The first-order valence-electron chi connectivity index (χ1n) is 9.81. The van der Waals surface area contributed by atoms with Gasteiger partial charge in [0.05, 0.1) is 23.7 Å². The maximum atomic E-state index is 14.1. The van der Waals surface area contributed by atoms with Crippen molar-refractivity contribution in [2.75, 3.05) is 20.6 Å². The van der Waals surface area contributed by atoms with Crippen LogP contribution in [-0.2, 0) is 16.9 Å². The van der Waals surface area contributed by atoms with E-state index in [4.69, 9.17) is 15.5 Å². The number of nitrogens with zero attached hydrogens (tertiary/aromatic N) is 2. The van der Waals surface area contributed by atoms with Crippen molar-refractivity contribution in [3.05, 3.63) is 70.4 Å². The van der Waals surface area contributed by atoms with Gasteiger partial charge in [0.2, 0.25) is 0 Å². The summed E-state index contributed by atoms with van der Waals surface area (Å²) in [4.78, 5) is 2.00. The van der Waals surface area contributed by atoms with Gasteiger partial charge in [0.1, 0.15) is 11.4 Å². The van der Waals surface area contributed by atoms with Crippen LogP contribution in [0.25, 0.3) is 0 Å². The van der Waals surface area contributed by atoms with Gasteiger partial charge in [-0.05, 0) is 74.4 Å². The largest absolute Gasteiger partial charge is 0.361 e. The molecule has 1 heterocycles. The molecule has 2 aromatic rings. The molecule has 0 N–H and O–H groups in total. The summed E-state index contributed by atoms with van der Waals surface area (Å²) in [6, 6.07) is 4.92. The van der Waals surface area contributed by atoms with Crippen molar-refractivity contribution in [2.24, 2.45) is 0 Å². The number of benzene rings is 2. The normalized spacial score (nSPS) is 21.6. The van der Waals surface area contributed by atoms with Crippen molar-refractivity contribution in [3.63, 3.8) is 0 Å². The Kier molecular flexibility index (Phi) is 3.41. The van der Waals surface area contributed by atoms with E-state index in [1.165, 1.54) is 0 Å². The lowest BCUT2D eigenvalue weighted by Crippen LogP contribution is -2.28. The first kappa shape index (κ1) is 12.2. The fourth-order valence-corrected chi connectivity index (χ4v) is 3.14. The van der Waals surface area contributed by atoms with Crippen LogP contribution in [0.15, 0.2) is 42.4 Å². The maximum absolute atomic E-state index is 14.1. The number of nitriles is 1. The minimum absolute atomic E-state index is 0.0473. The Morgan fingerprint density at radius 1 is 1.33 bits per heavy atom. The molecule has 24 heavy (non-hydrogen) atoms. The summed E-state index contributed by atoms with van der Waals surface area (Å²) in [5.41, 5.74) is 0.784. The van der Waals surface area contributed by atoms with Gasteiger partial charge in [-0.1, -0.05) is 18.2 Å². The van der Waals surface area contributed by atoms with E-state index in [1.54, 1.807) is 18.2 Å². The first-order valence-corrected chi connectivity index (χ1v) is 7.81. The van der Waals surface area contributed by atoms with Crippen molar-refractivity contribution in [2.45, 2.75) is 25.0 Å². The Morgan fingerprint density at radius 3 is 2.75 bits per heavy atom. The predicted octanol–water partition coefficient (Wildman–Crippen LogP) is 3.81. The second-order valence-corrected chi connectivity index (χ2v) is 6.20. The molecule has 0 aliphatic carbocycles. The Balaban J connectivity index is 2.24. The summed E-state index contributed by atoms with van der Waals surface area (Å²) in [6.07, 6.45) is 1.08. The van der Waals surface area contributed by atoms with Crippen molar-refractivity contribution in [1.82, 2.24) is 4.90 Å². The van der Waals surface area contributed by atoms with E-state index in [0.717, 1.165) is 12.1 Å². The molecule has 3 nitrogen and oxygen atoms in total. The molecule has 1 atom stereocenters. The third kappa shape index (κ3) is 3.06. The van der Waals surface area contributed by atoms with E-state index < -0.39 is 35.6 Å². The summed E-state index contributed by atoms with van der Waals surface area (Å²) in [7, 11) is 3.87. The molecule has 0 radical (unpaired) electrons. The fourth-order valence-electron chi connectivity index (χ4n) is 3.14. The lowest BCUT2D eigenvalue weighted by molar-refractivity contribution is -0.0140. The number of hydrogen-bond donors (Lipinski definition) is 0. The predicted molar refractivity (Wildman–Crippen MR) is 90.9 cm³/mol. The van der Waals surface area contributed by atoms with Gasteiger partial charge in [-0.15, -0.1) is 0 Å². The van der Waals surface area contributed by atoms with E-state index in [-0.39, 0.29) is 12.2 Å². The van der Waals surface area contributed by atoms with E-state index in [0.29, 0.717) is 24.0 Å². The molecule has 0 bridgehead atoms. The number of ether oxygens (including phenoxy) is 1. The van der Waals surface area contributed by atoms with Crippen molar-refractivity contribution < 1.29 is 14.6 Å². The SMILES string of the molecule is [2H]c1c([2H])c([C@@]2(CCCN(C)C)OCc3cc(C#N)ccc32)c([2H])c([2H])c1F. The standard InChI is InChI=1S/C20H21FN2O/c1-23(2)11-3-10-20(17-5-7-18(21)8-6-17)19-9-4-15(13-22)12-16(19)14-24-20/h4-9,12H,3,10-11,14H2,1-2H3/t20-/m1/s1/i5D,6D,7D,8D. The highest BCUT2D eigenvalue weighted by molar-refractivity contribution is 5.47. The average molecular weight is 328 g/mol. The van der Waals surface area contributed by atoms with Gasteiger partial charge in [-0.2, -0.15) is 5.26 Å². The second-order valence-electron chi connectivity index (χ2n) is 6.20. The molecular formula is C20H21FN2O. The van der Waals surface area contributed by atoms with Crippen molar-refractivity contribution in [3.8, 4) is 6.07 Å². The highest BCUT2D eigenvalue weighted by Crippen LogP contribution is 2.45. The lowest BCUT2D eigenvalue weighted by Gasteiger charge is -2.31. The minimum atomic E-state index is -1.22. The van der Waals surface area contributed by atoms with Gasteiger partial charge >= 0.3 is 0 Å². The number of fused-ring (bicyclic) bond motifs is 1. The molecule has 124 valence electrons. The molecule has 2 aromatic carbocycles. The van der Waals surface area contributed by atoms with Crippen LogP contribution in [0.5, 0.6) is 0 Å². The van der Waals surface area contributed by atoms with Crippen LogP contribution in [0.3, 0.4) is 0 Å². The molecule has 0 fully saturated rings. The number of halogens is 1. The van der Waals surface area contributed by atoms with Crippen LogP contribution in [0.4, 0.5) is 4.39 Å². The molecule has 0 saturated carbocycles. The molecule has 0 unspecified atom stereocenters. The zero-order valence-electron chi connectivity index (χ0n) is 17.7. The maximum Gasteiger partial charge on any atom is 0.123 e. The lowest BCUT2D eigenvalue weighted by atomic mass is 9.81. The summed E-state index contributed by atoms with van der Waals surface area (Å²) in [5, 5.41) is 9.16. The third-order valence-electron chi connectivity index (χ3n) is 4.28. The Labute approximate surface area is 147 Å². The van der Waals surface area contributed by atoms with Gasteiger partial charge < -0.3 is 9.64 Å². The van der Waals surface area contributed by atoms with Crippen LogP contribution in [0.2, 0.25) is 0 Å². The summed E-state index contributed by atoms with van der Waals surface area (Å²) in [5.74, 6) is -1.17. The molecule has 0 spiro atoms. The molecule has 1 aliphatic heterocycles. The summed E-state index contributed by atoms with van der Waals surface area (Å²) >= 11 is 0. The van der Waals surface area contributed by atoms with Crippen LogP contribution < -0.4 is 0 Å². The van der Waals surface area contributed by atoms with Crippen LogP contribution in [-0.4, -0.2) is 25.5 Å². The first-order chi connectivity index (χ1) is 13.2. The monoisotopic (exact) mass is 328 g/mol. The van der Waals surface area contributed by atoms with Gasteiger partial charge in [0, 0.05) is 0 Å². The van der Waals surface area contributed by atoms with Crippen molar-refractivity contribution >= 4 is 0 Å². The summed E-state index contributed by atoms with van der Waals surface area (Å²) < 4.78 is 52.7. The topological polar surface area (TPSA) is 36.3 Å². The van der Waals surface area contributed by atoms with Crippen LogP contribution >= 0.6 is 0 Å². The van der Waals surface area contributed by atoms with E-state index in [9.17, 15) is 4.39 Å². The van der Waals surface area contributed by atoms with Gasteiger partial charge in [-0.25, -0.2) is 4.39 Å². The molecular weight excluding hydrogens is 303 g/mol. The van der Waals surface area contributed by atoms with Gasteiger partial charge in [-0.3, -0.25) is 0 Å². The summed E-state index contributed by atoms with van der Waals surface area (Å²) in [6.45, 7) is 0.920. The molecule has 0 aromatic heterocycles. The Bertz CT molecular complexity index is 945. The second kappa shape index (κ2) is 6.72. The average Bonchev–Trinajstić information content (AvgIpc) is 3.03. The van der Waals surface area contributed by atoms with Gasteiger partial charge in [0.25, 0.3) is 0 Å². The van der Waals surface area contributed by atoms with E-state index in [1.807, 2.05) is 19.0 Å². The van der Waals surface area contributed by atoms with Gasteiger partial charge in [0.15, 0.2) is 0 Å². The zero-order valence-corrected chi connectivity index (χ0v) is 13.7. The molecule has 0 saturated heterocycles. The molecule has 1 aliphatic rings. The minimum Gasteiger partial charge on any atom is -0.361 e. The van der Waals surface area contributed by atoms with E-state index in [2.05, 4.69) is 6.07 Å². The highest BCUT2D eigenvalue weighted by atomic mass is 19.1. The van der Waals surface area contributed by atoms with E-state index >= 15 is 0 Å². The van der Waals surface area contributed by atoms with Crippen LogP contribution in [0, 0.1) is 17.1 Å². The zero-order chi connectivity index (χ0) is 20.6. The highest BCUT2D eigenvalue weighted by Gasteiger charge is 2.41. The molecule has 3 rings (SSSR count). The number of rotatable bonds is 5. The number of hydrogen-bond acceptors (Lipinski definition) is 3. The molecule has 0 amide bonds. The third-order valence-corrected chi connectivity index (χ3v) is 4.28. The quantitative estimate of drug-likeness (QED) is 0.837.